The number of likely N-dealkylation sites (N-methyl/N-ethyl adjacent to an activating group) is 1. The van der Waals surface area contributed by atoms with Crippen LogP contribution in [0.5, 0.6) is 0 Å². The highest BCUT2D eigenvalue weighted by Gasteiger charge is 2.31. The van der Waals surface area contributed by atoms with Crippen molar-refractivity contribution in [1.29, 1.82) is 0 Å². The number of quaternary nitrogens is 1. The van der Waals surface area contributed by atoms with Crippen molar-refractivity contribution in [3.63, 3.8) is 0 Å². The van der Waals surface area contributed by atoms with Gasteiger partial charge in [-0.05, 0) is 64.2 Å². The maximum absolute atomic E-state index is 12.8. The van der Waals surface area contributed by atoms with Crippen molar-refractivity contribution in [2.75, 3.05) is 41.0 Å². The number of nitrogens with zero attached hydrogens (tertiary/aromatic N) is 1. The van der Waals surface area contributed by atoms with Crippen LogP contribution >= 0.6 is 0 Å². The molecule has 0 rings (SSSR count). The Morgan fingerprint density at radius 1 is 0.462 bits per heavy atom. The van der Waals surface area contributed by atoms with Gasteiger partial charge in [0, 0.05) is 19.3 Å². The highest BCUT2D eigenvalue weighted by molar-refractivity contribution is 5.72. The van der Waals surface area contributed by atoms with Crippen LogP contribution in [0.25, 0.3) is 0 Å². The second kappa shape index (κ2) is 47.5. The van der Waals surface area contributed by atoms with Crippen LogP contribution in [-0.2, 0) is 28.6 Å². The number of hydrogen-bond donors (Lipinski definition) is 1. The number of carbonyl (C=O) groups excluding carboxylic acids is 2. The number of esters is 2. The third kappa shape index (κ3) is 46.0. The largest absolute Gasteiger partial charge is 0.477 e. The Labute approximate surface area is 400 Å². The summed E-state index contributed by atoms with van der Waals surface area (Å²) in [7, 11) is 5.52. The second-order valence-corrected chi connectivity index (χ2v) is 19.1. The van der Waals surface area contributed by atoms with E-state index in [1.54, 1.807) is 0 Å². The molecule has 0 saturated heterocycles. The Bertz CT molecular complexity index is 1250. The zero-order chi connectivity index (χ0) is 47.7. The molecule has 2 unspecified atom stereocenters. The molecule has 1 N–H and O–H groups in total. The molecule has 2 atom stereocenters. The monoisotopic (exact) mass is 913 g/mol. The molecule has 0 aliphatic rings. The van der Waals surface area contributed by atoms with Crippen LogP contribution in [0.2, 0.25) is 0 Å². The molecule has 0 heterocycles. The lowest BCUT2D eigenvalue weighted by molar-refractivity contribution is -0.887. The fourth-order valence-corrected chi connectivity index (χ4v) is 7.76. The molecule has 0 amide bonds. The van der Waals surface area contributed by atoms with Gasteiger partial charge in [-0.3, -0.25) is 9.59 Å². The van der Waals surface area contributed by atoms with Crippen LogP contribution in [0, 0.1) is 0 Å². The van der Waals surface area contributed by atoms with Gasteiger partial charge in [-0.1, -0.05) is 209 Å². The van der Waals surface area contributed by atoms with Gasteiger partial charge >= 0.3 is 17.9 Å². The number of unbranched alkanes of at least 4 members (excludes halogenated alkanes) is 24. The molecule has 0 aliphatic carbocycles. The second-order valence-electron chi connectivity index (χ2n) is 19.1. The Hall–Kier alpha value is -2.97. The fourth-order valence-electron chi connectivity index (χ4n) is 7.76. The maximum atomic E-state index is 12.8. The topological polar surface area (TPSA) is 99.1 Å². The van der Waals surface area contributed by atoms with Gasteiger partial charge < -0.3 is 23.8 Å². The third-order valence-corrected chi connectivity index (χ3v) is 11.9. The van der Waals surface area contributed by atoms with E-state index in [-0.39, 0.29) is 42.7 Å². The highest BCUT2D eigenvalue weighted by atomic mass is 16.6. The molecular formula is C57H102NO7+. The van der Waals surface area contributed by atoms with E-state index >= 15 is 0 Å². The smallest absolute Gasteiger partial charge is 0.362 e. The Morgan fingerprint density at radius 2 is 0.815 bits per heavy atom. The third-order valence-electron chi connectivity index (χ3n) is 11.9. The molecule has 8 heteroatoms. The SMILES string of the molecule is CCCCC/C=C/C/C=C/C/C=C/C/C=C/C/C=C/CCCCC(=O)OC(COCCC(C(=O)O)[N+](C)(C)C)COC(=O)CCCCCCCCCCCCCCCCCCCCCC. The fraction of sp³-hybridized carbons (Fsp3) is 0.772. The predicted molar refractivity (Wildman–Crippen MR) is 275 cm³/mol. The van der Waals surface area contributed by atoms with E-state index < -0.39 is 18.1 Å². The number of carboxylic acid groups (broad SMARTS) is 1. The first-order chi connectivity index (χ1) is 31.6. The first-order valence-corrected chi connectivity index (χ1v) is 26.8. The van der Waals surface area contributed by atoms with Crippen molar-refractivity contribution < 1.29 is 38.2 Å². The van der Waals surface area contributed by atoms with E-state index in [1.807, 2.05) is 21.1 Å². The van der Waals surface area contributed by atoms with Crippen molar-refractivity contribution in [3.8, 4) is 0 Å². The molecule has 0 radical (unpaired) electrons. The minimum atomic E-state index is -0.881. The lowest BCUT2D eigenvalue weighted by Gasteiger charge is -2.31. The van der Waals surface area contributed by atoms with Gasteiger partial charge in [0.2, 0.25) is 0 Å². The normalized spacial score (nSPS) is 13.3. The van der Waals surface area contributed by atoms with E-state index in [0.29, 0.717) is 19.3 Å². The lowest BCUT2D eigenvalue weighted by atomic mass is 10.0. The molecule has 0 bridgehead atoms. The number of hydrogen-bond acceptors (Lipinski definition) is 6. The molecule has 65 heavy (non-hydrogen) atoms. The summed E-state index contributed by atoms with van der Waals surface area (Å²) in [6.45, 7) is 4.69. The molecule has 0 fully saturated rings. The van der Waals surface area contributed by atoms with Crippen LogP contribution in [0.15, 0.2) is 60.8 Å². The number of allylic oxidation sites excluding steroid dienone is 10. The van der Waals surface area contributed by atoms with E-state index in [0.717, 1.165) is 57.8 Å². The Kier molecular flexibility index (Phi) is 45.3. The molecule has 0 aromatic rings. The standard InChI is InChI=1S/C57H101NO7/c1-6-8-10-12-14-16-18-20-22-24-26-28-30-32-34-36-38-40-42-44-46-48-56(60)65-53(51-63-50-49-54(57(61)62)58(3,4)5)52-64-55(59)47-45-43-41-39-37-35-33-31-29-27-25-23-21-19-17-15-13-11-9-7-2/h14,16,20,22,26,28,32,34,38,40,53-54H,6-13,15,17-19,21,23-25,27,29-31,33,35-37,39,41-52H2,1-5H3/p+1/b16-14+,22-20+,28-26+,34-32+,40-38+. The molecule has 0 aromatic carbocycles. The van der Waals surface area contributed by atoms with E-state index in [4.69, 9.17) is 14.2 Å². The molecular weight excluding hydrogens is 811 g/mol. The summed E-state index contributed by atoms with van der Waals surface area (Å²) in [6, 6.07) is -0.625. The van der Waals surface area contributed by atoms with Crippen LogP contribution < -0.4 is 0 Å². The van der Waals surface area contributed by atoms with Crippen LogP contribution in [-0.4, -0.2) is 80.6 Å². The highest BCUT2D eigenvalue weighted by Crippen LogP contribution is 2.16. The van der Waals surface area contributed by atoms with Crippen LogP contribution in [0.4, 0.5) is 0 Å². The Morgan fingerprint density at radius 3 is 1.23 bits per heavy atom. The minimum absolute atomic E-state index is 0.0437. The number of ether oxygens (including phenoxy) is 3. The van der Waals surface area contributed by atoms with Gasteiger partial charge in [-0.25, -0.2) is 4.79 Å². The van der Waals surface area contributed by atoms with Crippen molar-refractivity contribution in [3.05, 3.63) is 60.8 Å². The van der Waals surface area contributed by atoms with Crippen molar-refractivity contribution in [1.82, 2.24) is 0 Å². The predicted octanol–water partition coefficient (Wildman–Crippen LogP) is 15.7. The van der Waals surface area contributed by atoms with Crippen molar-refractivity contribution in [2.45, 2.75) is 244 Å². The summed E-state index contributed by atoms with van der Waals surface area (Å²) >= 11 is 0. The van der Waals surface area contributed by atoms with Crippen LogP contribution in [0.3, 0.4) is 0 Å². The molecule has 376 valence electrons. The number of carboxylic acids is 1. The number of carbonyl (C=O) groups is 3. The zero-order valence-electron chi connectivity index (χ0n) is 42.9. The average Bonchev–Trinajstić information content (AvgIpc) is 3.27. The van der Waals surface area contributed by atoms with Gasteiger partial charge in [-0.2, -0.15) is 0 Å². The first-order valence-electron chi connectivity index (χ1n) is 26.8. The molecule has 0 saturated carbocycles. The minimum Gasteiger partial charge on any atom is -0.477 e. The average molecular weight is 913 g/mol. The van der Waals surface area contributed by atoms with E-state index in [2.05, 4.69) is 74.6 Å². The summed E-state index contributed by atoms with van der Waals surface area (Å²) in [5.74, 6) is -1.51. The number of aliphatic carboxylic acids is 1. The quantitative estimate of drug-likeness (QED) is 0.0281. The molecule has 8 nitrogen and oxygen atoms in total. The summed E-state index contributed by atoms with van der Waals surface area (Å²) in [6.07, 6.45) is 59.9. The summed E-state index contributed by atoms with van der Waals surface area (Å²) in [5.41, 5.74) is 0. The van der Waals surface area contributed by atoms with E-state index in [1.165, 1.54) is 135 Å². The van der Waals surface area contributed by atoms with E-state index in [9.17, 15) is 19.5 Å². The lowest BCUT2D eigenvalue weighted by Crippen LogP contribution is -2.50. The number of rotatable bonds is 48. The van der Waals surface area contributed by atoms with Crippen molar-refractivity contribution in [2.24, 2.45) is 0 Å². The Balaban J connectivity index is 4.30. The molecule has 0 spiro atoms. The summed E-state index contributed by atoms with van der Waals surface area (Å²) in [5, 5.41) is 9.66. The van der Waals surface area contributed by atoms with Gasteiger partial charge in [0.1, 0.15) is 6.61 Å². The zero-order valence-corrected chi connectivity index (χ0v) is 42.9. The first kappa shape index (κ1) is 62.0. The summed E-state index contributed by atoms with van der Waals surface area (Å²) in [4.78, 5) is 37.2. The van der Waals surface area contributed by atoms with Crippen molar-refractivity contribution >= 4 is 17.9 Å². The maximum Gasteiger partial charge on any atom is 0.362 e. The molecule has 0 aliphatic heterocycles. The van der Waals surface area contributed by atoms with Gasteiger partial charge in [0.05, 0.1) is 34.4 Å². The molecule has 0 aromatic heterocycles. The van der Waals surface area contributed by atoms with Gasteiger partial charge in [-0.15, -0.1) is 0 Å². The van der Waals surface area contributed by atoms with Gasteiger partial charge in [0.15, 0.2) is 12.1 Å². The summed E-state index contributed by atoms with van der Waals surface area (Å²) < 4.78 is 17.3. The van der Waals surface area contributed by atoms with Crippen LogP contribution in [0.1, 0.15) is 232 Å². The van der Waals surface area contributed by atoms with Gasteiger partial charge in [0.25, 0.3) is 0 Å².